The number of anilines is 3. The number of aryl methyl sites for hydroxylation is 1. The lowest BCUT2D eigenvalue weighted by Crippen LogP contribution is -2.24. The fourth-order valence-corrected chi connectivity index (χ4v) is 4.61. The molecule has 0 saturated carbocycles. The van der Waals surface area contributed by atoms with Crippen molar-refractivity contribution in [2.24, 2.45) is 0 Å². The summed E-state index contributed by atoms with van der Waals surface area (Å²) >= 11 is 1.44. The van der Waals surface area contributed by atoms with Gasteiger partial charge in [-0.25, -0.2) is 4.98 Å². The standard InChI is InChI=1S/C23H20N4O2S/c28-21(10-12-26-15-24-22-17(23(26)29)11-14-30-22)25-18-6-2-4-8-20(18)27-13-9-16-5-1-3-7-19(16)27/h1-8,11,14-15H,9-10,12-13H2,(H,25,28). The Balaban J connectivity index is 1.32. The summed E-state index contributed by atoms with van der Waals surface area (Å²) in [5.74, 6) is -0.132. The second kappa shape index (κ2) is 7.76. The Kier molecular flexibility index (Phi) is 4.80. The molecule has 1 amide bonds. The van der Waals surface area contributed by atoms with Crippen LogP contribution in [0.4, 0.5) is 17.1 Å². The smallest absolute Gasteiger partial charge is 0.262 e. The van der Waals surface area contributed by atoms with Crippen LogP contribution in [0.5, 0.6) is 0 Å². The van der Waals surface area contributed by atoms with E-state index in [1.807, 2.05) is 35.7 Å². The highest BCUT2D eigenvalue weighted by Gasteiger charge is 2.22. The van der Waals surface area contributed by atoms with E-state index in [1.165, 1.54) is 33.5 Å². The van der Waals surface area contributed by atoms with Gasteiger partial charge in [-0.1, -0.05) is 30.3 Å². The topological polar surface area (TPSA) is 67.2 Å². The zero-order valence-electron chi connectivity index (χ0n) is 16.2. The van der Waals surface area contributed by atoms with Crippen LogP contribution in [0.3, 0.4) is 0 Å². The van der Waals surface area contributed by atoms with E-state index < -0.39 is 0 Å². The molecule has 7 heteroatoms. The van der Waals surface area contributed by atoms with Gasteiger partial charge < -0.3 is 10.2 Å². The molecule has 0 aliphatic carbocycles. The summed E-state index contributed by atoms with van der Waals surface area (Å²) in [6, 6.07) is 18.0. The lowest BCUT2D eigenvalue weighted by molar-refractivity contribution is -0.116. The predicted octanol–water partition coefficient (Wildman–Crippen LogP) is 4.18. The summed E-state index contributed by atoms with van der Waals surface area (Å²) in [5, 5.41) is 5.47. The monoisotopic (exact) mass is 416 g/mol. The van der Waals surface area contributed by atoms with Crippen LogP contribution in [0.25, 0.3) is 10.2 Å². The third-order valence-corrected chi connectivity index (χ3v) is 6.21. The van der Waals surface area contributed by atoms with Crippen LogP contribution >= 0.6 is 11.3 Å². The van der Waals surface area contributed by atoms with Crippen LogP contribution in [0.2, 0.25) is 0 Å². The maximum Gasteiger partial charge on any atom is 0.262 e. The van der Waals surface area contributed by atoms with Crippen molar-refractivity contribution in [3.8, 4) is 0 Å². The minimum Gasteiger partial charge on any atom is -0.339 e. The van der Waals surface area contributed by atoms with Gasteiger partial charge in [-0.3, -0.25) is 14.2 Å². The molecule has 0 unspecified atom stereocenters. The Morgan fingerprint density at radius 2 is 1.87 bits per heavy atom. The van der Waals surface area contributed by atoms with Crippen LogP contribution in [-0.2, 0) is 17.8 Å². The molecule has 5 rings (SSSR count). The molecular formula is C23H20N4O2S. The van der Waals surface area contributed by atoms with Crippen molar-refractivity contribution in [2.75, 3.05) is 16.8 Å². The number of aromatic nitrogens is 2. The first-order chi connectivity index (χ1) is 14.7. The molecule has 2 aromatic heterocycles. The van der Waals surface area contributed by atoms with Gasteiger partial charge >= 0.3 is 0 Å². The number of rotatable bonds is 5. The molecule has 0 fully saturated rings. The SMILES string of the molecule is O=C(CCn1cnc2sccc2c1=O)Nc1ccccc1N1CCc2ccccc21. The number of hydrogen-bond donors (Lipinski definition) is 1. The zero-order valence-corrected chi connectivity index (χ0v) is 17.1. The van der Waals surface area contributed by atoms with Crippen LogP contribution in [0.15, 0.2) is 71.1 Å². The van der Waals surface area contributed by atoms with Gasteiger partial charge in [-0.2, -0.15) is 0 Å². The first kappa shape index (κ1) is 18.6. The van der Waals surface area contributed by atoms with E-state index in [0.717, 1.165) is 29.2 Å². The van der Waals surface area contributed by atoms with Gasteiger partial charge in [0.25, 0.3) is 5.56 Å². The number of para-hydroxylation sites is 3. The van der Waals surface area contributed by atoms with Gasteiger partial charge in [-0.05, 0) is 41.6 Å². The van der Waals surface area contributed by atoms with Crippen molar-refractivity contribution in [1.82, 2.24) is 9.55 Å². The molecule has 150 valence electrons. The summed E-state index contributed by atoms with van der Waals surface area (Å²) in [6.07, 6.45) is 2.70. The number of nitrogens with one attached hydrogen (secondary N) is 1. The number of carbonyl (C=O) groups is 1. The average molecular weight is 417 g/mol. The van der Waals surface area contributed by atoms with E-state index in [1.54, 1.807) is 6.07 Å². The Morgan fingerprint density at radius 3 is 2.77 bits per heavy atom. The minimum atomic E-state index is -0.132. The Hall–Kier alpha value is -3.45. The molecule has 0 spiro atoms. The van der Waals surface area contributed by atoms with Crippen molar-refractivity contribution >= 4 is 44.5 Å². The molecule has 1 aliphatic heterocycles. The molecule has 4 aromatic rings. The largest absolute Gasteiger partial charge is 0.339 e. The van der Waals surface area contributed by atoms with Crippen LogP contribution in [0.1, 0.15) is 12.0 Å². The highest BCUT2D eigenvalue weighted by Crippen LogP contribution is 2.38. The van der Waals surface area contributed by atoms with Crippen molar-refractivity contribution in [1.29, 1.82) is 0 Å². The van der Waals surface area contributed by atoms with E-state index in [9.17, 15) is 9.59 Å². The van der Waals surface area contributed by atoms with Crippen LogP contribution in [-0.4, -0.2) is 22.0 Å². The maximum atomic E-state index is 12.7. The van der Waals surface area contributed by atoms with Gasteiger partial charge in [-0.15, -0.1) is 11.3 Å². The first-order valence-corrected chi connectivity index (χ1v) is 10.8. The zero-order chi connectivity index (χ0) is 20.5. The fourth-order valence-electron chi connectivity index (χ4n) is 3.89. The number of hydrogen-bond acceptors (Lipinski definition) is 5. The number of nitrogens with zero attached hydrogens (tertiary/aromatic N) is 3. The molecule has 0 radical (unpaired) electrons. The predicted molar refractivity (Wildman–Crippen MR) is 121 cm³/mol. The van der Waals surface area contributed by atoms with E-state index in [4.69, 9.17) is 0 Å². The van der Waals surface area contributed by atoms with Crippen LogP contribution < -0.4 is 15.8 Å². The molecule has 1 aliphatic rings. The summed E-state index contributed by atoms with van der Waals surface area (Å²) in [5.41, 5.74) is 4.14. The van der Waals surface area contributed by atoms with E-state index in [2.05, 4.69) is 33.4 Å². The Bertz CT molecular complexity index is 1290. The summed E-state index contributed by atoms with van der Waals surface area (Å²) in [6.45, 7) is 1.17. The normalized spacial score (nSPS) is 12.9. The lowest BCUT2D eigenvalue weighted by atomic mass is 10.1. The lowest BCUT2D eigenvalue weighted by Gasteiger charge is -2.23. The van der Waals surface area contributed by atoms with Crippen molar-refractivity contribution in [2.45, 2.75) is 19.4 Å². The van der Waals surface area contributed by atoms with Gasteiger partial charge in [0.2, 0.25) is 5.91 Å². The van der Waals surface area contributed by atoms with Gasteiger partial charge in [0.1, 0.15) is 4.83 Å². The Labute approximate surface area is 177 Å². The molecule has 0 atom stereocenters. The van der Waals surface area contributed by atoms with E-state index >= 15 is 0 Å². The second-order valence-corrected chi connectivity index (χ2v) is 8.12. The molecular weight excluding hydrogens is 396 g/mol. The molecule has 0 saturated heterocycles. The van der Waals surface area contributed by atoms with Gasteiger partial charge in [0, 0.05) is 25.2 Å². The van der Waals surface area contributed by atoms with Crippen molar-refractivity contribution in [3.63, 3.8) is 0 Å². The van der Waals surface area contributed by atoms with E-state index in [-0.39, 0.29) is 24.4 Å². The number of benzene rings is 2. The van der Waals surface area contributed by atoms with E-state index in [0.29, 0.717) is 5.39 Å². The summed E-state index contributed by atoms with van der Waals surface area (Å²) in [4.78, 5) is 32.4. The van der Waals surface area contributed by atoms with Crippen molar-refractivity contribution in [3.05, 3.63) is 82.2 Å². The molecule has 6 nitrogen and oxygen atoms in total. The highest BCUT2D eigenvalue weighted by molar-refractivity contribution is 7.16. The molecule has 1 N–H and O–H groups in total. The first-order valence-electron chi connectivity index (χ1n) is 9.88. The highest BCUT2D eigenvalue weighted by atomic mass is 32.1. The number of amides is 1. The molecule has 30 heavy (non-hydrogen) atoms. The summed E-state index contributed by atoms with van der Waals surface area (Å²) < 4.78 is 1.50. The number of fused-ring (bicyclic) bond motifs is 2. The second-order valence-electron chi connectivity index (χ2n) is 7.23. The molecule has 0 bridgehead atoms. The third kappa shape index (κ3) is 3.37. The quantitative estimate of drug-likeness (QED) is 0.530. The average Bonchev–Trinajstić information content (AvgIpc) is 3.41. The molecule has 2 aromatic carbocycles. The van der Waals surface area contributed by atoms with Gasteiger partial charge in [0.05, 0.1) is 23.1 Å². The van der Waals surface area contributed by atoms with Crippen molar-refractivity contribution < 1.29 is 4.79 Å². The number of thiophene rings is 1. The maximum absolute atomic E-state index is 12.7. The summed E-state index contributed by atoms with van der Waals surface area (Å²) in [7, 11) is 0. The van der Waals surface area contributed by atoms with Gasteiger partial charge in [0.15, 0.2) is 0 Å². The van der Waals surface area contributed by atoms with Crippen LogP contribution in [0, 0.1) is 0 Å². The molecule has 3 heterocycles. The third-order valence-electron chi connectivity index (χ3n) is 5.39. The minimum absolute atomic E-state index is 0.108. The Morgan fingerprint density at radius 1 is 1.07 bits per heavy atom. The fraction of sp³-hybridized carbons (Fsp3) is 0.174. The number of carbonyl (C=O) groups excluding carboxylic acids is 1.